The van der Waals surface area contributed by atoms with Crippen molar-refractivity contribution in [2.75, 3.05) is 53.1 Å². The number of hydrogen-bond acceptors (Lipinski definition) is 3. The van der Waals surface area contributed by atoms with Gasteiger partial charge >= 0.3 is 0 Å². The third kappa shape index (κ3) is 11.2. The highest BCUT2D eigenvalue weighted by atomic mass is 127. The minimum Gasteiger partial charge on any atom is -0.381 e. The van der Waals surface area contributed by atoms with Gasteiger partial charge in [-0.05, 0) is 38.5 Å². The normalized spacial score (nSPS) is 16.0. The van der Waals surface area contributed by atoms with Gasteiger partial charge in [-0.3, -0.25) is 4.99 Å². The lowest BCUT2D eigenvalue weighted by Gasteiger charge is -2.26. The first-order valence-corrected chi connectivity index (χ1v) is 8.92. The number of unbranched alkanes of at least 4 members (excludes halogenated alkanes) is 1. The van der Waals surface area contributed by atoms with Crippen LogP contribution in [0.15, 0.2) is 4.99 Å². The number of rotatable bonds is 10. The van der Waals surface area contributed by atoms with Crippen LogP contribution in [-0.4, -0.2) is 64.0 Å². The summed E-state index contributed by atoms with van der Waals surface area (Å²) >= 11 is 0. The van der Waals surface area contributed by atoms with Gasteiger partial charge in [0.05, 0.1) is 13.2 Å². The zero-order valence-electron chi connectivity index (χ0n) is 15.2. The molecule has 5 nitrogen and oxygen atoms in total. The second-order valence-corrected chi connectivity index (χ2v) is 5.97. The molecule has 138 valence electrons. The van der Waals surface area contributed by atoms with Crippen LogP contribution in [0.4, 0.5) is 0 Å². The van der Waals surface area contributed by atoms with E-state index in [1.165, 1.54) is 25.7 Å². The standard InChI is InChI=1S/C17H35N3O2.HI/c1-4-6-12-21-15-10-19-17(18-5-2)20(3)11-7-16-8-13-22-14-9-16;/h16H,4-15H2,1-3H3,(H,18,19);1H. The topological polar surface area (TPSA) is 46.1 Å². The molecule has 0 amide bonds. The van der Waals surface area contributed by atoms with E-state index in [1.54, 1.807) is 0 Å². The van der Waals surface area contributed by atoms with Gasteiger partial charge in [-0.2, -0.15) is 0 Å². The molecular weight excluding hydrogens is 405 g/mol. The fourth-order valence-electron chi connectivity index (χ4n) is 2.55. The third-order valence-electron chi connectivity index (χ3n) is 4.05. The summed E-state index contributed by atoms with van der Waals surface area (Å²) in [4.78, 5) is 6.90. The maximum Gasteiger partial charge on any atom is 0.193 e. The van der Waals surface area contributed by atoms with Crippen LogP contribution < -0.4 is 5.32 Å². The lowest BCUT2D eigenvalue weighted by atomic mass is 9.96. The number of halogens is 1. The van der Waals surface area contributed by atoms with Crippen LogP contribution in [0.3, 0.4) is 0 Å². The summed E-state index contributed by atoms with van der Waals surface area (Å²) in [5.74, 6) is 1.80. The summed E-state index contributed by atoms with van der Waals surface area (Å²) < 4.78 is 11.0. The zero-order chi connectivity index (χ0) is 16.0. The number of ether oxygens (including phenoxy) is 2. The predicted octanol–water partition coefficient (Wildman–Crippen LogP) is 3.14. The van der Waals surface area contributed by atoms with E-state index in [9.17, 15) is 0 Å². The molecule has 0 spiro atoms. The van der Waals surface area contributed by atoms with Crippen molar-refractivity contribution in [2.24, 2.45) is 10.9 Å². The molecule has 1 N–H and O–H groups in total. The van der Waals surface area contributed by atoms with Gasteiger partial charge < -0.3 is 19.7 Å². The van der Waals surface area contributed by atoms with Crippen molar-refractivity contribution in [1.29, 1.82) is 0 Å². The minimum atomic E-state index is 0. The monoisotopic (exact) mass is 441 g/mol. The summed E-state index contributed by atoms with van der Waals surface area (Å²) in [7, 11) is 2.12. The molecule has 0 aromatic carbocycles. The van der Waals surface area contributed by atoms with Crippen molar-refractivity contribution < 1.29 is 9.47 Å². The van der Waals surface area contributed by atoms with E-state index < -0.39 is 0 Å². The fraction of sp³-hybridized carbons (Fsp3) is 0.941. The van der Waals surface area contributed by atoms with E-state index in [0.29, 0.717) is 6.61 Å². The van der Waals surface area contributed by atoms with Crippen molar-refractivity contribution in [3.8, 4) is 0 Å². The number of nitrogens with zero attached hydrogens (tertiary/aromatic N) is 2. The van der Waals surface area contributed by atoms with Crippen LogP contribution in [-0.2, 0) is 9.47 Å². The molecule has 1 heterocycles. The molecule has 1 saturated heterocycles. The van der Waals surface area contributed by atoms with Crippen molar-refractivity contribution in [1.82, 2.24) is 10.2 Å². The highest BCUT2D eigenvalue weighted by Crippen LogP contribution is 2.18. The van der Waals surface area contributed by atoms with E-state index in [-0.39, 0.29) is 24.0 Å². The number of aliphatic imine (C=N–C) groups is 1. The molecule has 0 aliphatic carbocycles. The Morgan fingerprint density at radius 1 is 1.26 bits per heavy atom. The number of nitrogens with one attached hydrogen (secondary N) is 1. The van der Waals surface area contributed by atoms with Crippen LogP contribution in [0, 0.1) is 5.92 Å². The van der Waals surface area contributed by atoms with Crippen LogP contribution in [0.1, 0.15) is 46.0 Å². The van der Waals surface area contributed by atoms with E-state index in [2.05, 4.69) is 36.1 Å². The molecule has 6 heteroatoms. The third-order valence-corrected chi connectivity index (χ3v) is 4.05. The second kappa shape index (κ2) is 15.4. The highest BCUT2D eigenvalue weighted by molar-refractivity contribution is 14.0. The molecule has 0 radical (unpaired) electrons. The highest BCUT2D eigenvalue weighted by Gasteiger charge is 2.15. The maximum atomic E-state index is 5.57. The SMILES string of the molecule is CCCCOCCN=C(NCC)N(C)CCC1CCOCC1.I. The van der Waals surface area contributed by atoms with Gasteiger partial charge in [-0.25, -0.2) is 0 Å². The Kier molecular flexibility index (Phi) is 15.4. The molecule has 23 heavy (non-hydrogen) atoms. The van der Waals surface area contributed by atoms with Crippen LogP contribution in [0.2, 0.25) is 0 Å². The molecule has 0 atom stereocenters. The number of hydrogen-bond donors (Lipinski definition) is 1. The lowest BCUT2D eigenvalue weighted by molar-refractivity contribution is 0.0625. The van der Waals surface area contributed by atoms with Gasteiger partial charge in [-0.15, -0.1) is 24.0 Å². The van der Waals surface area contributed by atoms with Gasteiger partial charge in [-0.1, -0.05) is 13.3 Å². The van der Waals surface area contributed by atoms with Crippen LogP contribution in [0.5, 0.6) is 0 Å². The lowest BCUT2D eigenvalue weighted by Crippen LogP contribution is -2.40. The predicted molar refractivity (Wildman–Crippen MR) is 108 cm³/mol. The largest absolute Gasteiger partial charge is 0.381 e. The molecule has 1 fully saturated rings. The maximum absolute atomic E-state index is 5.57. The Morgan fingerprint density at radius 2 is 2.00 bits per heavy atom. The van der Waals surface area contributed by atoms with E-state index in [1.807, 2.05) is 0 Å². The first-order valence-electron chi connectivity index (χ1n) is 8.92. The minimum absolute atomic E-state index is 0. The average Bonchev–Trinajstić information content (AvgIpc) is 2.55. The van der Waals surface area contributed by atoms with E-state index in [0.717, 1.165) is 57.8 Å². The van der Waals surface area contributed by atoms with Gasteiger partial charge in [0, 0.05) is 40.0 Å². The van der Waals surface area contributed by atoms with Gasteiger partial charge in [0.1, 0.15) is 0 Å². The van der Waals surface area contributed by atoms with E-state index >= 15 is 0 Å². The zero-order valence-corrected chi connectivity index (χ0v) is 17.5. The van der Waals surface area contributed by atoms with Gasteiger partial charge in [0.2, 0.25) is 0 Å². The molecule has 1 rings (SSSR count). The molecule has 1 aliphatic heterocycles. The van der Waals surface area contributed by atoms with Gasteiger partial charge in [0.15, 0.2) is 5.96 Å². The van der Waals surface area contributed by atoms with Crippen molar-refractivity contribution in [2.45, 2.75) is 46.0 Å². The first kappa shape index (κ1) is 22.9. The summed E-state index contributed by atoms with van der Waals surface area (Å²) in [5, 5.41) is 3.37. The molecular formula is C17H36IN3O2. The van der Waals surface area contributed by atoms with Crippen molar-refractivity contribution in [3.05, 3.63) is 0 Å². The smallest absolute Gasteiger partial charge is 0.193 e. The Balaban J connectivity index is 0.00000484. The van der Waals surface area contributed by atoms with Crippen LogP contribution >= 0.6 is 24.0 Å². The summed E-state index contributed by atoms with van der Waals surface area (Å²) in [5.41, 5.74) is 0. The molecule has 0 unspecified atom stereocenters. The Morgan fingerprint density at radius 3 is 2.65 bits per heavy atom. The molecule has 0 aromatic heterocycles. The second-order valence-electron chi connectivity index (χ2n) is 5.97. The number of guanidine groups is 1. The molecule has 1 aliphatic rings. The Hall–Kier alpha value is -0.0800. The summed E-state index contributed by atoms with van der Waals surface area (Å²) in [6, 6.07) is 0. The molecule has 0 aromatic rings. The van der Waals surface area contributed by atoms with E-state index in [4.69, 9.17) is 9.47 Å². The van der Waals surface area contributed by atoms with Crippen LogP contribution in [0.25, 0.3) is 0 Å². The molecule has 0 bridgehead atoms. The van der Waals surface area contributed by atoms with Crippen molar-refractivity contribution in [3.63, 3.8) is 0 Å². The average molecular weight is 441 g/mol. The van der Waals surface area contributed by atoms with Crippen molar-refractivity contribution >= 4 is 29.9 Å². The quantitative estimate of drug-likeness (QED) is 0.245. The summed E-state index contributed by atoms with van der Waals surface area (Å²) in [6.07, 6.45) is 5.94. The van der Waals surface area contributed by atoms with Gasteiger partial charge in [0.25, 0.3) is 0 Å². The molecule has 0 saturated carbocycles. The Labute approximate surface area is 159 Å². The first-order chi connectivity index (χ1) is 10.8. The summed E-state index contributed by atoms with van der Waals surface area (Å²) in [6.45, 7) is 10.4. The Bertz CT molecular complexity index is 298. The fourth-order valence-corrected chi connectivity index (χ4v) is 2.55.